The van der Waals surface area contributed by atoms with Gasteiger partial charge in [-0.05, 0) is 17.3 Å². The second-order valence-corrected chi connectivity index (χ2v) is 7.36. The van der Waals surface area contributed by atoms with Crippen LogP contribution in [0, 0.1) is 10.8 Å². The third-order valence-corrected chi connectivity index (χ3v) is 3.81. The van der Waals surface area contributed by atoms with E-state index >= 15 is 0 Å². The summed E-state index contributed by atoms with van der Waals surface area (Å²) in [6.07, 6.45) is 1.56. The first kappa shape index (κ1) is 15.8. The molecule has 1 fully saturated rings. The van der Waals surface area contributed by atoms with Gasteiger partial charge in [0.05, 0.1) is 6.04 Å². The van der Waals surface area contributed by atoms with E-state index in [9.17, 15) is 9.59 Å². The highest BCUT2D eigenvalue weighted by Crippen LogP contribution is 2.31. The monoisotopic (exact) mass is 269 g/mol. The van der Waals surface area contributed by atoms with E-state index in [1.54, 1.807) is 0 Å². The van der Waals surface area contributed by atoms with Crippen LogP contribution in [0.4, 0.5) is 4.79 Å². The van der Waals surface area contributed by atoms with Gasteiger partial charge in [0.1, 0.15) is 0 Å². The molecule has 1 atom stereocenters. The van der Waals surface area contributed by atoms with Gasteiger partial charge in [0.25, 0.3) is 0 Å². The Kier molecular flexibility index (Phi) is 4.48. The zero-order valence-electron chi connectivity index (χ0n) is 12.7. The zero-order chi connectivity index (χ0) is 14.8. The molecule has 0 aliphatic carbocycles. The van der Waals surface area contributed by atoms with Crippen molar-refractivity contribution in [3.8, 4) is 0 Å². The highest BCUT2D eigenvalue weighted by atomic mass is 16.2. The van der Waals surface area contributed by atoms with E-state index in [1.807, 2.05) is 25.7 Å². The number of hydrogen-bond donors (Lipinski definition) is 2. The fraction of sp³-hybridized carbons (Fsp3) is 0.857. The molecule has 3 amide bonds. The Morgan fingerprint density at radius 2 is 2.05 bits per heavy atom. The predicted molar refractivity (Wildman–Crippen MR) is 75.6 cm³/mol. The number of nitrogens with two attached hydrogens (primary N) is 1. The second kappa shape index (κ2) is 5.39. The minimum Gasteiger partial charge on any atom is -0.352 e. The lowest BCUT2D eigenvalue weighted by Gasteiger charge is -2.40. The molecule has 1 aliphatic rings. The van der Waals surface area contributed by atoms with E-state index in [0.29, 0.717) is 13.0 Å². The summed E-state index contributed by atoms with van der Waals surface area (Å²) in [7, 11) is 0. The van der Waals surface area contributed by atoms with Gasteiger partial charge in [-0.3, -0.25) is 4.79 Å². The molecular weight excluding hydrogens is 242 g/mol. The first-order chi connectivity index (χ1) is 8.51. The van der Waals surface area contributed by atoms with Gasteiger partial charge in [0.2, 0.25) is 5.91 Å². The molecule has 1 heterocycles. The lowest BCUT2D eigenvalue weighted by atomic mass is 9.81. The summed E-state index contributed by atoms with van der Waals surface area (Å²) < 4.78 is 0. The molecule has 0 spiro atoms. The average Bonchev–Trinajstić information content (AvgIpc) is 2.17. The molecule has 0 bridgehead atoms. The number of urea groups is 1. The van der Waals surface area contributed by atoms with Gasteiger partial charge in [-0.1, -0.05) is 34.6 Å². The Labute approximate surface area is 115 Å². The van der Waals surface area contributed by atoms with Crippen LogP contribution in [0.1, 0.15) is 47.5 Å². The van der Waals surface area contributed by atoms with Crippen LogP contribution in [0.15, 0.2) is 0 Å². The van der Waals surface area contributed by atoms with E-state index in [1.165, 1.54) is 0 Å². The normalized spacial score (nSPS) is 21.1. The van der Waals surface area contributed by atoms with Crippen molar-refractivity contribution >= 4 is 11.9 Å². The third kappa shape index (κ3) is 4.73. The molecule has 110 valence electrons. The predicted octanol–water partition coefficient (Wildman–Crippen LogP) is 1.72. The Bertz CT molecular complexity index is 358. The fourth-order valence-corrected chi connectivity index (χ4v) is 2.29. The van der Waals surface area contributed by atoms with Gasteiger partial charge in [-0.2, -0.15) is 0 Å². The zero-order valence-corrected chi connectivity index (χ0v) is 12.7. The lowest BCUT2D eigenvalue weighted by Crippen LogP contribution is -2.55. The van der Waals surface area contributed by atoms with Crippen LogP contribution in [0.25, 0.3) is 0 Å². The molecule has 1 aliphatic heterocycles. The summed E-state index contributed by atoms with van der Waals surface area (Å²) in [4.78, 5) is 25.1. The Balaban J connectivity index is 2.70. The number of carbonyl (C=O) groups is 2. The van der Waals surface area contributed by atoms with Gasteiger partial charge in [-0.15, -0.1) is 0 Å². The molecular formula is C14H27N3O2. The molecule has 0 saturated carbocycles. The molecule has 1 saturated heterocycles. The maximum atomic E-state index is 12.1. The second-order valence-electron chi connectivity index (χ2n) is 7.36. The van der Waals surface area contributed by atoms with Crippen LogP contribution in [0.2, 0.25) is 0 Å². The SMILES string of the molecule is CC1(C)CCN(C[C@@H](NC(N)=O)C(C)(C)C)C(=O)C1. The van der Waals surface area contributed by atoms with Crippen molar-refractivity contribution in [2.75, 3.05) is 13.1 Å². The van der Waals surface area contributed by atoms with Gasteiger partial charge >= 0.3 is 6.03 Å². The Hall–Kier alpha value is -1.26. The van der Waals surface area contributed by atoms with Crippen molar-refractivity contribution in [3.63, 3.8) is 0 Å². The maximum absolute atomic E-state index is 12.1. The van der Waals surface area contributed by atoms with Crippen LogP contribution in [-0.2, 0) is 4.79 Å². The molecule has 5 nitrogen and oxygen atoms in total. The summed E-state index contributed by atoms with van der Waals surface area (Å²) >= 11 is 0. The van der Waals surface area contributed by atoms with Crippen LogP contribution >= 0.6 is 0 Å². The minimum absolute atomic E-state index is 0.0852. The number of carbonyl (C=O) groups excluding carboxylic acids is 2. The number of nitrogens with zero attached hydrogens (tertiary/aromatic N) is 1. The van der Waals surface area contributed by atoms with Gasteiger partial charge in [0.15, 0.2) is 0 Å². The largest absolute Gasteiger partial charge is 0.352 e. The molecule has 0 unspecified atom stereocenters. The van der Waals surface area contributed by atoms with E-state index in [4.69, 9.17) is 5.73 Å². The number of piperidine rings is 1. The van der Waals surface area contributed by atoms with E-state index < -0.39 is 6.03 Å². The quantitative estimate of drug-likeness (QED) is 0.818. The number of amides is 3. The lowest BCUT2D eigenvalue weighted by molar-refractivity contribution is -0.137. The summed E-state index contributed by atoms with van der Waals surface area (Å²) in [5, 5.41) is 2.75. The van der Waals surface area contributed by atoms with Crippen molar-refractivity contribution in [3.05, 3.63) is 0 Å². The van der Waals surface area contributed by atoms with E-state index in [2.05, 4.69) is 19.2 Å². The summed E-state index contributed by atoms with van der Waals surface area (Å²) in [5.74, 6) is 0.164. The van der Waals surface area contributed by atoms with Crippen LogP contribution in [-0.4, -0.2) is 36.0 Å². The van der Waals surface area contributed by atoms with Gasteiger partial charge < -0.3 is 16.0 Å². The van der Waals surface area contributed by atoms with Crippen LogP contribution in [0.3, 0.4) is 0 Å². The highest BCUT2D eigenvalue weighted by Gasteiger charge is 2.35. The third-order valence-electron chi connectivity index (χ3n) is 3.81. The fourth-order valence-electron chi connectivity index (χ4n) is 2.29. The number of hydrogen-bond acceptors (Lipinski definition) is 2. The van der Waals surface area contributed by atoms with Crippen molar-refractivity contribution in [1.29, 1.82) is 0 Å². The first-order valence-electron chi connectivity index (χ1n) is 6.85. The number of likely N-dealkylation sites (tertiary alicyclic amines) is 1. The molecule has 0 radical (unpaired) electrons. The first-order valence-corrected chi connectivity index (χ1v) is 6.85. The van der Waals surface area contributed by atoms with Crippen molar-refractivity contribution in [2.24, 2.45) is 16.6 Å². The molecule has 5 heteroatoms. The van der Waals surface area contributed by atoms with Gasteiger partial charge in [0, 0.05) is 19.5 Å². The summed E-state index contributed by atoms with van der Waals surface area (Å²) in [6.45, 7) is 11.6. The maximum Gasteiger partial charge on any atom is 0.312 e. The van der Waals surface area contributed by atoms with E-state index in [-0.39, 0.29) is 22.8 Å². The molecule has 0 aromatic rings. The molecule has 0 aromatic heterocycles. The van der Waals surface area contributed by atoms with Crippen LogP contribution < -0.4 is 11.1 Å². The summed E-state index contributed by atoms with van der Waals surface area (Å²) in [5.41, 5.74) is 5.17. The van der Waals surface area contributed by atoms with Gasteiger partial charge in [-0.25, -0.2) is 4.79 Å². The smallest absolute Gasteiger partial charge is 0.312 e. The number of rotatable bonds is 3. The molecule has 19 heavy (non-hydrogen) atoms. The van der Waals surface area contributed by atoms with Crippen molar-refractivity contribution in [1.82, 2.24) is 10.2 Å². The number of primary amides is 1. The number of nitrogens with one attached hydrogen (secondary N) is 1. The van der Waals surface area contributed by atoms with E-state index in [0.717, 1.165) is 13.0 Å². The van der Waals surface area contributed by atoms with Crippen molar-refractivity contribution < 1.29 is 9.59 Å². The van der Waals surface area contributed by atoms with Crippen molar-refractivity contribution in [2.45, 2.75) is 53.5 Å². The Morgan fingerprint density at radius 1 is 1.47 bits per heavy atom. The highest BCUT2D eigenvalue weighted by molar-refractivity contribution is 5.78. The standard InChI is InChI=1S/C14H27N3O2/c1-13(2,3)10(16-12(15)19)9-17-7-6-14(4,5)8-11(17)18/h10H,6-9H2,1-5H3,(H3,15,16,19)/t10-/m1/s1. The molecule has 3 N–H and O–H groups in total. The van der Waals surface area contributed by atoms with Crippen LogP contribution in [0.5, 0.6) is 0 Å². The topological polar surface area (TPSA) is 75.4 Å². The minimum atomic E-state index is -0.537. The Morgan fingerprint density at radius 3 is 2.47 bits per heavy atom. The average molecular weight is 269 g/mol. The molecule has 1 rings (SSSR count). The summed E-state index contributed by atoms with van der Waals surface area (Å²) in [6, 6.07) is -0.667. The molecule has 0 aromatic carbocycles.